The number of aromatic nitrogens is 2. The van der Waals surface area contributed by atoms with Crippen LogP contribution in [-0.2, 0) is 11.3 Å². The van der Waals surface area contributed by atoms with E-state index in [-0.39, 0.29) is 24.9 Å². The molecule has 0 bridgehead atoms. The summed E-state index contributed by atoms with van der Waals surface area (Å²) in [7, 11) is 1.61. The molecule has 2 aromatic carbocycles. The Hall–Kier alpha value is -4.13. The number of para-hydroxylation sites is 1. The van der Waals surface area contributed by atoms with Gasteiger partial charge in [-0.05, 0) is 36.8 Å². The molecule has 162 valence electrons. The third kappa shape index (κ3) is 4.62. The van der Waals surface area contributed by atoms with Crippen LogP contribution in [-0.4, -0.2) is 40.1 Å². The molecule has 0 aliphatic rings. The van der Waals surface area contributed by atoms with E-state index in [0.29, 0.717) is 17.0 Å². The fourth-order valence-corrected chi connectivity index (χ4v) is 3.43. The van der Waals surface area contributed by atoms with Gasteiger partial charge in [-0.25, -0.2) is 4.68 Å². The van der Waals surface area contributed by atoms with Crippen LogP contribution in [0.25, 0.3) is 16.9 Å². The van der Waals surface area contributed by atoms with E-state index in [2.05, 4.69) is 5.32 Å². The van der Waals surface area contributed by atoms with Crippen LogP contribution in [0, 0.1) is 6.92 Å². The topological polar surface area (TPSA) is 80.4 Å². The molecule has 32 heavy (non-hydrogen) atoms. The summed E-state index contributed by atoms with van der Waals surface area (Å²) in [5.74, 6) is 0.0991. The number of rotatable bonds is 7. The first kappa shape index (κ1) is 21.1. The number of likely N-dealkylation sites (N-methyl/N-ethyl adjacent to an activating group) is 1. The molecule has 0 spiro atoms. The quantitative estimate of drug-likeness (QED) is 0.485. The predicted molar refractivity (Wildman–Crippen MR) is 121 cm³/mol. The highest BCUT2D eigenvalue weighted by Gasteiger charge is 2.23. The number of nitrogens with one attached hydrogen (secondary N) is 1. The van der Waals surface area contributed by atoms with Gasteiger partial charge in [-0.3, -0.25) is 9.59 Å². The second-order valence-corrected chi connectivity index (χ2v) is 7.50. The molecule has 7 nitrogen and oxygen atoms in total. The van der Waals surface area contributed by atoms with Crippen molar-refractivity contribution >= 4 is 11.8 Å². The highest BCUT2D eigenvalue weighted by atomic mass is 16.3. The van der Waals surface area contributed by atoms with Gasteiger partial charge in [0.1, 0.15) is 11.5 Å². The third-order valence-corrected chi connectivity index (χ3v) is 5.13. The maximum absolute atomic E-state index is 13.3. The van der Waals surface area contributed by atoms with Crippen LogP contribution < -0.4 is 5.32 Å². The van der Waals surface area contributed by atoms with E-state index in [1.165, 1.54) is 4.90 Å². The van der Waals surface area contributed by atoms with Gasteiger partial charge in [0.2, 0.25) is 5.91 Å². The van der Waals surface area contributed by atoms with Gasteiger partial charge in [0, 0.05) is 18.8 Å². The van der Waals surface area contributed by atoms with Gasteiger partial charge in [-0.15, -0.1) is 0 Å². The van der Waals surface area contributed by atoms with E-state index in [9.17, 15) is 9.59 Å². The minimum absolute atomic E-state index is 0.0801. The molecular weight excluding hydrogens is 404 g/mol. The highest BCUT2D eigenvalue weighted by Crippen LogP contribution is 2.27. The fraction of sp³-hybridized carbons (Fsp3) is 0.160. The normalized spacial score (nSPS) is 10.7. The minimum Gasteiger partial charge on any atom is -0.467 e. The van der Waals surface area contributed by atoms with Crippen molar-refractivity contribution in [1.29, 1.82) is 0 Å². The Morgan fingerprint density at radius 3 is 2.50 bits per heavy atom. The first-order chi connectivity index (χ1) is 15.5. The summed E-state index contributed by atoms with van der Waals surface area (Å²) in [5, 5.41) is 7.48. The van der Waals surface area contributed by atoms with Gasteiger partial charge in [0.25, 0.3) is 5.91 Å². The second kappa shape index (κ2) is 9.34. The summed E-state index contributed by atoms with van der Waals surface area (Å²) in [4.78, 5) is 27.1. The van der Waals surface area contributed by atoms with Gasteiger partial charge in [-0.2, -0.15) is 5.10 Å². The number of carbonyl (C=O) groups is 2. The fourth-order valence-electron chi connectivity index (χ4n) is 3.43. The monoisotopic (exact) mass is 428 g/mol. The summed E-state index contributed by atoms with van der Waals surface area (Å²) >= 11 is 0. The third-order valence-electron chi connectivity index (χ3n) is 5.13. The second-order valence-electron chi connectivity index (χ2n) is 7.50. The largest absolute Gasteiger partial charge is 0.467 e. The number of amides is 2. The van der Waals surface area contributed by atoms with Crippen LogP contribution in [0.5, 0.6) is 0 Å². The van der Waals surface area contributed by atoms with Crippen LogP contribution in [0.4, 0.5) is 0 Å². The molecule has 7 heteroatoms. The zero-order chi connectivity index (χ0) is 22.5. The molecule has 4 rings (SSSR count). The molecule has 4 aromatic rings. The van der Waals surface area contributed by atoms with E-state index < -0.39 is 0 Å². The van der Waals surface area contributed by atoms with Crippen molar-refractivity contribution in [2.24, 2.45) is 0 Å². The molecule has 1 N–H and O–H groups in total. The van der Waals surface area contributed by atoms with E-state index in [4.69, 9.17) is 9.52 Å². The Kier molecular flexibility index (Phi) is 6.17. The predicted octanol–water partition coefficient (Wildman–Crippen LogP) is 3.83. The van der Waals surface area contributed by atoms with Gasteiger partial charge in [0.05, 0.1) is 30.6 Å². The summed E-state index contributed by atoms with van der Waals surface area (Å²) in [5.41, 5.74) is 3.75. The van der Waals surface area contributed by atoms with E-state index in [1.807, 2.05) is 61.5 Å². The molecule has 0 aliphatic carbocycles. The first-order valence-corrected chi connectivity index (χ1v) is 10.3. The minimum atomic E-state index is -0.279. The Morgan fingerprint density at radius 2 is 1.78 bits per heavy atom. The lowest BCUT2D eigenvalue weighted by atomic mass is 10.0. The van der Waals surface area contributed by atoms with Crippen molar-refractivity contribution in [1.82, 2.24) is 20.0 Å². The zero-order valence-corrected chi connectivity index (χ0v) is 18.0. The molecule has 0 saturated carbocycles. The standard InChI is InChI=1S/C25H24N4O3/c1-18-9-6-7-13-21(18)24-22(16-29(27-24)19-10-4-3-5-11-19)25(31)28(2)17-23(30)26-15-20-12-8-14-32-20/h3-14,16H,15,17H2,1-2H3,(H,26,30). The lowest BCUT2D eigenvalue weighted by Crippen LogP contribution is -2.38. The molecule has 0 saturated heterocycles. The number of furan rings is 1. The van der Waals surface area contributed by atoms with Gasteiger partial charge in [0.15, 0.2) is 0 Å². The Morgan fingerprint density at radius 1 is 1.03 bits per heavy atom. The number of hydrogen-bond donors (Lipinski definition) is 1. The lowest BCUT2D eigenvalue weighted by molar-refractivity contribution is -0.121. The number of benzene rings is 2. The smallest absolute Gasteiger partial charge is 0.257 e. The van der Waals surface area contributed by atoms with Crippen molar-refractivity contribution in [3.8, 4) is 16.9 Å². The molecule has 0 fully saturated rings. The maximum Gasteiger partial charge on any atom is 0.257 e. The highest BCUT2D eigenvalue weighted by molar-refractivity contribution is 6.01. The van der Waals surface area contributed by atoms with Crippen molar-refractivity contribution in [2.75, 3.05) is 13.6 Å². The summed E-state index contributed by atoms with van der Waals surface area (Å²) in [6, 6.07) is 20.9. The number of hydrogen-bond acceptors (Lipinski definition) is 4. The van der Waals surface area contributed by atoms with E-state index in [0.717, 1.165) is 16.8 Å². The van der Waals surface area contributed by atoms with Crippen molar-refractivity contribution in [2.45, 2.75) is 13.5 Å². The SMILES string of the molecule is Cc1ccccc1-c1nn(-c2ccccc2)cc1C(=O)N(C)CC(=O)NCc1ccco1. The summed E-state index contributed by atoms with van der Waals surface area (Å²) in [6.07, 6.45) is 3.27. The lowest BCUT2D eigenvalue weighted by Gasteiger charge is -2.17. The van der Waals surface area contributed by atoms with E-state index >= 15 is 0 Å². The van der Waals surface area contributed by atoms with Gasteiger partial charge in [-0.1, -0.05) is 42.5 Å². The Bertz CT molecular complexity index is 1210. The number of carbonyl (C=O) groups excluding carboxylic acids is 2. The van der Waals surface area contributed by atoms with Gasteiger partial charge < -0.3 is 14.6 Å². The summed E-state index contributed by atoms with van der Waals surface area (Å²) < 4.78 is 6.91. The van der Waals surface area contributed by atoms with Crippen LogP contribution in [0.1, 0.15) is 21.7 Å². The zero-order valence-electron chi connectivity index (χ0n) is 18.0. The Balaban J connectivity index is 1.59. The number of aryl methyl sites for hydroxylation is 1. The average Bonchev–Trinajstić information content (AvgIpc) is 3.48. The van der Waals surface area contributed by atoms with Crippen molar-refractivity contribution in [3.63, 3.8) is 0 Å². The van der Waals surface area contributed by atoms with Crippen LogP contribution in [0.2, 0.25) is 0 Å². The number of nitrogens with zero attached hydrogens (tertiary/aromatic N) is 3. The molecule has 2 amide bonds. The molecule has 0 unspecified atom stereocenters. The Labute approximate surface area is 186 Å². The average molecular weight is 428 g/mol. The van der Waals surface area contributed by atoms with Crippen molar-refractivity contribution in [3.05, 3.63) is 96.1 Å². The van der Waals surface area contributed by atoms with E-state index in [1.54, 1.807) is 36.3 Å². The molecule has 0 radical (unpaired) electrons. The molecule has 0 aliphatic heterocycles. The molecule has 0 atom stereocenters. The molecule has 2 heterocycles. The first-order valence-electron chi connectivity index (χ1n) is 10.3. The van der Waals surface area contributed by atoms with Crippen molar-refractivity contribution < 1.29 is 14.0 Å². The van der Waals surface area contributed by atoms with Crippen LogP contribution >= 0.6 is 0 Å². The van der Waals surface area contributed by atoms with Crippen LogP contribution in [0.3, 0.4) is 0 Å². The maximum atomic E-state index is 13.3. The van der Waals surface area contributed by atoms with Crippen LogP contribution in [0.15, 0.2) is 83.6 Å². The molecular formula is C25H24N4O3. The van der Waals surface area contributed by atoms with Gasteiger partial charge >= 0.3 is 0 Å². The summed E-state index contributed by atoms with van der Waals surface area (Å²) in [6.45, 7) is 2.18. The molecule has 2 aromatic heterocycles.